The Morgan fingerprint density at radius 1 is 1.38 bits per heavy atom. The lowest BCUT2D eigenvalue weighted by Gasteiger charge is -2.28. The predicted molar refractivity (Wildman–Crippen MR) is 73.1 cm³/mol. The molecule has 0 bridgehead atoms. The van der Waals surface area contributed by atoms with Gasteiger partial charge in [-0.25, -0.2) is 0 Å². The minimum atomic E-state index is 0.280. The fraction of sp³-hybridized carbons (Fsp3) is 0.615. The van der Waals surface area contributed by atoms with Crippen molar-refractivity contribution in [2.75, 3.05) is 25.9 Å². The van der Waals surface area contributed by atoms with Crippen LogP contribution >= 0.6 is 12.6 Å². The SMILES string of the molecule is CN(CCc1ccccn1)CC(C)(C)CS. The Balaban J connectivity index is 2.33. The van der Waals surface area contributed by atoms with Crippen molar-refractivity contribution in [3.8, 4) is 0 Å². The van der Waals surface area contributed by atoms with Crippen LogP contribution in [0.4, 0.5) is 0 Å². The van der Waals surface area contributed by atoms with E-state index in [1.807, 2.05) is 18.3 Å². The van der Waals surface area contributed by atoms with E-state index in [-0.39, 0.29) is 5.41 Å². The van der Waals surface area contributed by atoms with Gasteiger partial charge in [0.05, 0.1) is 0 Å². The van der Waals surface area contributed by atoms with Crippen LogP contribution in [0.2, 0.25) is 0 Å². The molecule has 0 unspecified atom stereocenters. The van der Waals surface area contributed by atoms with E-state index >= 15 is 0 Å². The first-order valence-corrected chi connectivity index (χ1v) is 6.36. The smallest absolute Gasteiger partial charge is 0.0416 e. The van der Waals surface area contributed by atoms with Crippen LogP contribution in [0, 0.1) is 5.41 Å². The molecule has 0 aliphatic rings. The van der Waals surface area contributed by atoms with Crippen molar-refractivity contribution < 1.29 is 0 Å². The third-order valence-corrected chi connectivity index (χ3v) is 3.46. The second-order valence-corrected chi connectivity index (χ2v) is 5.45. The van der Waals surface area contributed by atoms with Crippen LogP contribution in [0.5, 0.6) is 0 Å². The quantitative estimate of drug-likeness (QED) is 0.767. The topological polar surface area (TPSA) is 16.1 Å². The van der Waals surface area contributed by atoms with E-state index in [0.29, 0.717) is 0 Å². The molecular formula is C13H22N2S. The van der Waals surface area contributed by atoms with Crippen LogP contribution < -0.4 is 0 Å². The van der Waals surface area contributed by atoms with Crippen molar-refractivity contribution in [2.24, 2.45) is 5.41 Å². The standard InChI is InChI=1S/C13H22N2S/c1-13(2,11-16)10-15(3)9-7-12-6-4-5-8-14-12/h4-6,8,16H,7,9-11H2,1-3H3. The zero-order valence-electron chi connectivity index (χ0n) is 10.5. The number of likely N-dealkylation sites (N-methyl/N-ethyl adjacent to an activating group) is 1. The van der Waals surface area contributed by atoms with Gasteiger partial charge in [-0.05, 0) is 30.3 Å². The predicted octanol–water partition coefficient (Wildman–Crippen LogP) is 2.51. The zero-order chi connectivity index (χ0) is 12.0. The number of rotatable bonds is 6. The summed E-state index contributed by atoms with van der Waals surface area (Å²) in [5, 5.41) is 0. The van der Waals surface area contributed by atoms with Gasteiger partial charge < -0.3 is 4.90 Å². The minimum Gasteiger partial charge on any atom is -0.305 e. The molecule has 0 aliphatic carbocycles. The highest BCUT2D eigenvalue weighted by Crippen LogP contribution is 2.17. The number of nitrogens with zero attached hydrogens (tertiary/aromatic N) is 2. The fourth-order valence-electron chi connectivity index (χ4n) is 1.71. The number of thiol groups is 1. The van der Waals surface area contributed by atoms with Gasteiger partial charge in [0.2, 0.25) is 0 Å². The largest absolute Gasteiger partial charge is 0.305 e. The summed E-state index contributed by atoms with van der Waals surface area (Å²) in [6.45, 7) is 6.62. The zero-order valence-corrected chi connectivity index (χ0v) is 11.4. The van der Waals surface area contributed by atoms with Gasteiger partial charge in [-0.1, -0.05) is 19.9 Å². The number of hydrogen-bond donors (Lipinski definition) is 1. The molecule has 0 radical (unpaired) electrons. The molecule has 0 amide bonds. The number of aromatic nitrogens is 1. The van der Waals surface area contributed by atoms with Crippen LogP contribution in [0.15, 0.2) is 24.4 Å². The Morgan fingerprint density at radius 2 is 2.12 bits per heavy atom. The van der Waals surface area contributed by atoms with Crippen molar-refractivity contribution in [3.05, 3.63) is 30.1 Å². The average molecular weight is 238 g/mol. The normalized spacial score (nSPS) is 12.1. The Hall–Kier alpha value is -0.540. The summed E-state index contributed by atoms with van der Waals surface area (Å²) in [6.07, 6.45) is 2.87. The van der Waals surface area contributed by atoms with Crippen molar-refractivity contribution in [3.63, 3.8) is 0 Å². The van der Waals surface area contributed by atoms with Crippen molar-refractivity contribution in [2.45, 2.75) is 20.3 Å². The molecule has 0 atom stereocenters. The van der Waals surface area contributed by atoms with E-state index < -0.39 is 0 Å². The van der Waals surface area contributed by atoms with E-state index in [9.17, 15) is 0 Å². The van der Waals surface area contributed by atoms with Gasteiger partial charge in [-0.3, -0.25) is 4.98 Å². The van der Waals surface area contributed by atoms with Crippen LogP contribution in [-0.2, 0) is 6.42 Å². The molecule has 0 fully saturated rings. The maximum Gasteiger partial charge on any atom is 0.0416 e. The third kappa shape index (κ3) is 4.99. The summed E-state index contributed by atoms with van der Waals surface area (Å²) < 4.78 is 0. The van der Waals surface area contributed by atoms with Gasteiger partial charge in [0, 0.05) is 31.4 Å². The Morgan fingerprint density at radius 3 is 2.69 bits per heavy atom. The Kier molecular flexibility index (Phi) is 5.29. The van der Waals surface area contributed by atoms with Gasteiger partial charge in [-0.2, -0.15) is 12.6 Å². The van der Waals surface area contributed by atoms with Gasteiger partial charge in [0.15, 0.2) is 0 Å². The van der Waals surface area contributed by atoms with E-state index in [2.05, 4.69) is 49.5 Å². The van der Waals surface area contributed by atoms with Gasteiger partial charge in [0.25, 0.3) is 0 Å². The Bertz CT molecular complexity index is 298. The molecule has 90 valence electrons. The first-order valence-electron chi connectivity index (χ1n) is 5.73. The van der Waals surface area contributed by atoms with Crippen molar-refractivity contribution in [1.82, 2.24) is 9.88 Å². The van der Waals surface area contributed by atoms with E-state index in [1.165, 1.54) is 0 Å². The summed E-state index contributed by atoms with van der Waals surface area (Å²) >= 11 is 4.37. The number of hydrogen-bond acceptors (Lipinski definition) is 3. The summed E-state index contributed by atoms with van der Waals surface area (Å²) in [5.74, 6) is 0.918. The van der Waals surface area contributed by atoms with Crippen molar-refractivity contribution in [1.29, 1.82) is 0 Å². The van der Waals surface area contributed by atoms with Crippen LogP contribution in [0.25, 0.3) is 0 Å². The fourth-order valence-corrected chi connectivity index (χ4v) is 1.81. The molecule has 0 spiro atoms. The molecule has 0 aliphatic heterocycles. The summed E-state index contributed by atoms with van der Waals surface area (Å²) in [7, 11) is 2.16. The van der Waals surface area contributed by atoms with E-state index in [4.69, 9.17) is 0 Å². The Labute approximate surface area is 104 Å². The highest BCUT2D eigenvalue weighted by Gasteiger charge is 2.17. The average Bonchev–Trinajstić information content (AvgIpc) is 2.27. The molecule has 0 aromatic carbocycles. The molecule has 3 heteroatoms. The molecule has 16 heavy (non-hydrogen) atoms. The lowest BCUT2D eigenvalue weighted by molar-refractivity contribution is 0.233. The second kappa shape index (κ2) is 6.26. The maximum absolute atomic E-state index is 4.37. The molecule has 1 heterocycles. The van der Waals surface area contributed by atoms with Gasteiger partial charge in [0.1, 0.15) is 0 Å². The second-order valence-electron chi connectivity index (χ2n) is 5.13. The monoisotopic (exact) mass is 238 g/mol. The molecule has 0 saturated carbocycles. The third-order valence-electron chi connectivity index (χ3n) is 2.60. The summed E-state index contributed by atoms with van der Waals surface area (Å²) in [6, 6.07) is 6.08. The van der Waals surface area contributed by atoms with E-state index in [0.717, 1.165) is 31.0 Å². The molecule has 1 rings (SSSR count). The van der Waals surface area contributed by atoms with Crippen LogP contribution in [-0.4, -0.2) is 35.8 Å². The highest BCUT2D eigenvalue weighted by molar-refractivity contribution is 7.80. The van der Waals surface area contributed by atoms with E-state index in [1.54, 1.807) is 0 Å². The maximum atomic E-state index is 4.37. The van der Waals surface area contributed by atoms with Crippen LogP contribution in [0.1, 0.15) is 19.5 Å². The minimum absolute atomic E-state index is 0.280. The first-order chi connectivity index (χ1) is 7.53. The molecule has 0 saturated heterocycles. The molecular weight excluding hydrogens is 216 g/mol. The van der Waals surface area contributed by atoms with Gasteiger partial charge in [-0.15, -0.1) is 0 Å². The molecule has 1 aromatic heterocycles. The lowest BCUT2D eigenvalue weighted by Crippen LogP contribution is -2.34. The van der Waals surface area contributed by atoms with Crippen LogP contribution in [0.3, 0.4) is 0 Å². The first kappa shape index (κ1) is 13.5. The van der Waals surface area contributed by atoms with Gasteiger partial charge >= 0.3 is 0 Å². The molecule has 0 N–H and O–H groups in total. The summed E-state index contributed by atoms with van der Waals surface area (Å²) in [4.78, 5) is 6.68. The number of pyridine rings is 1. The molecule has 1 aromatic rings. The highest BCUT2D eigenvalue weighted by atomic mass is 32.1. The van der Waals surface area contributed by atoms with Crippen molar-refractivity contribution >= 4 is 12.6 Å². The lowest BCUT2D eigenvalue weighted by atomic mass is 9.96. The molecule has 2 nitrogen and oxygen atoms in total. The summed E-state index contributed by atoms with van der Waals surface area (Å²) in [5.41, 5.74) is 1.44.